The van der Waals surface area contributed by atoms with Gasteiger partial charge in [-0.1, -0.05) is 6.42 Å². The summed E-state index contributed by atoms with van der Waals surface area (Å²) < 4.78 is 22.7. The lowest BCUT2D eigenvalue weighted by Crippen LogP contribution is -2.39. The summed E-state index contributed by atoms with van der Waals surface area (Å²) in [5.74, 6) is 2.06. The van der Waals surface area contributed by atoms with Crippen LogP contribution in [0.25, 0.3) is 0 Å². The van der Waals surface area contributed by atoms with Crippen molar-refractivity contribution in [3.63, 3.8) is 0 Å². The van der Waals surface area contributed by atoms with Crippen molar-refractivity contribution >= 4 is 9.84 Å². The van der Waals surface area contributed by atoms with Crippen LogP contribution in [0.3, 0.4) is 0 Å². The molecule has 2 unspecified atom stereocenters. The summed E-state index contributed by atoms with van der Waals surface area (Å²) >= 11 is 0. The van der Waals surface area contributed by atoms with Crippen molar-refractivity contribution < 1.29 is 8.42 Å². The van der Waals surface area contributed by atoms with Gasteiger partial charge in [0.2, 0.25) is 0 Å². The van der Waals surface area contributed by atoms with Gasteiger partial charge in [-0.25, -0.2) is 8.42 Å². The monoisotopic (exact) mass is 231 g/mol. The molecule has 15 heavy (non-hydrogen) atoms. The first kappa shape index (κ1) is 11.4. The second-order valence-corrected chi connectivity index (χ2v) is 7.32. The van der Waals surface area contributed by atoms with Crippen LogP contribution in [-0.4, -0.2) is 33.0 Å². The Bertz CT molecular complexity index is 309. The lowest BCUT2D eigenvalue weighted by Gasteiger charge is -2.34. The smallest absolute Gasteiger partial charge is 0.150 e. The highest BCUT2D eigenvalue weighted by Crippen LogP contribution is 2.34. The van der Waals surface area contributed by atoms with Gasteiger partial charge < -0.3 is 5.32 Å². The van der Waals surface area contributed by atoms with E-state index >= 15 is 0 Å². The largest absolute Gasteiger partial charge is 0.317 e. The van der Waals surface area contributed by atoms with Crippen LogP contribution in [0.4, 0.5) is 0 Å². The lowest BCUT2D eigenvalue weighted by atomic mass is 9.76. The Labute approximate surface area is 92.6 Å². The van der Waals surface area contributed by atoms with Gasteiger partial charge in [0, 0.05) is 6.04 Å². The van der Waals surface area contributed by atoms with Crippen molar-refractivity contribution in [3.8, 4) is 0 Å². The molecule has 0 aromatic carbocycles. The van der Waals surface area contributed by atoms with E-state index < -0.39 is 9.84 Å². The summed E-state index contributed by atoms with van der Waals surface area (Å²) in [4.78, 5) is 0. The van der Waals surface area contributed by atoms with Crippen molar-refractivity contribution in [3.05, 3.63) is 0 Å². The molecule has 1 saturated carbocycles. The fraction of sp³-hybridized carbons (Fsp3) is 1.00. The number of sulfone groups is 1. The van der Waals surface area contributed by atoms with Gasteiger partial charge in [-0.05, 0) is 44.6 Å². The van der Waals surface area contributed by atoms with Crippen molar-refractivity contribution in [1.82, 2.24) is 5.32 Å². The van der Waals surface area contributed by atoms with E-state index in [4.69, 9.17) is 0 Å². The second kappa shape index (κ2) is 4.42. The van der Waals surface area contributed by atoms with Gasteiger partial charge in [0.1, 0.15) is 0 Å². The summed E-state index contributed by atoms with van der Waals surface area (Å²) in [5, 5.41) is 3.36. The molecule has 1 saturated heterocycles. The van der Waals surface area contributed by atoms with E-state index in [9.17, 15) is 8.42 Å². The van der Waals surface area contributed by atoms with Gasteiger partial charge in [-0.2, -0.15) is 0 Å². The molecule has 2 aliphatic rings. The maximum Gasteiger partial charge on any atom is 0.150 e. The molecule has 0 radical (unpaired) electrons. The van der Waals surface area contributed by atoms with Gasteiger partial charge >= 0.3 is 0 Å². The Morgan fingerprint density at radius 2 is 2.07 bits per heavy atom. The minimum Gasteiger partial charge on any atom is -0.317 e. The third kappa shape index (κ3) is 2.72. The molecule has 0 bridgehead atoms. The zero-order chi connectivity index (χ0) is 10.9. The molecular formula is C11H21NO2S. The molecule has 1 heterocycles. The predicted octanol–water partition coefficient (Wildman–Crippen LogP) is 1.20. The number of hydrogen-bond acceptors (Lipinski definition) is 3. The Hall–Kier alpha value is -0.0900. The van der Waals surface area contributed by atoms with Crippen LogP contribution in [0, 0.1) is 11.8 Å². The molecule has 3 nitrogen and oxygen atoms in total. The molecule has 88 valence electrons. The van der Waals surface area contributed by atoms with Crippen LogP contribution in [0.1, 0.15) is 32.1 Å². The minimum absolute atomic E-state index is 0.410. The number of nitrogens with one attached hydrogen (secondary N) is 1. The molecule has 0 aromatic rings. The van der Waals surface area contributed by atoms with Crippen LogP contribution in [0.15, 0.2) is 0 Å². The fourth-order valence-corrected chi connectivity index (χ4v) is 4.69. The quantitative estimate of drug-likeness (QED) is 0.791. The van der Waals surface area contributed by atoms with E-state index in [2.05, 4.69) is 5.32 Å². The Kier molecular flexibility index (Phi) is 3.36. The highest BCUT2D eigenvalue weighted by molar-refractivity contribution is 7.91. The molecule has 0 spiro atoms. The van der Waals surface area contributed by atoms with E-state index in [-0.39, 0.29) is 0 Å². The van der Waals surface area contributed by atoms with Crippen LogP contribution in [0.2, 0.25) is 0 Å². The molecule has 0 aromatic heterocycles. The molecule has 1 aliphatic heterocycles. The third-order valence-corrected chi connectivity index (χ3v) is 5.84. The first-order valence-corrected chi connectivity index (χ1v) is 7.80. The van der Waals surface area contributed by atoms with Gasteiger partial charge in [-0.15, -0.1) is 0 Å². The van der Waals surface area contributed by atoms with E-state index in [1.165, 1.54) is 19.3 Å². The number of rotatable bonds is 4. The molecule has 4 heteroatoms. The summed E-state index contributed by atoms with van der Waals surface area (Å²) in [5.41, 5.74) is 0. The average molecular weight is 231 g/mol. The normalized spacial score (nSPS) is 32.5. The summed E-state index contributed by atoms with van der Waals surface area (Å²) in [6.45, 7) is 0. The highest BCUT2D eigenvalue weighted by atomic mass is 32.2. The van der Waals surface area contributed by atoms with Crippen molar-refractivity contribution in [2.24, 2.45) is 11.8 Å². The van der Waals surface area contributed by atoms with Gasteiger partial charge in [0.15, 0.2) is 9.84 Å². The van der Waals surface area contributed by atoms with Gasteiger partial charge in [0.05, 0.1) is 11.5 Å². The summed E-state index contributed by atoms with van der Waals surface area (Å²) in [6.07, 6.45) is 5.94. The van der Waals surface area contributed by atoms with E-state index in [0.717, 1.165) is 18.8 Å². The lowest BCUT2D eigenvalue weighted by molar-refractivity contribution is 0.211. The number of hydrogen-bond donors (Lipinski definition) is 1. The van der Waals surface area contributed by atoms with E-state index in [0.29, 0.717) is 23.5 Å². The minimum atomic E-state index is -2.69. The maximum absolute atomic E-state index is 11.3. The second-order valence-electron chi connectivity index (χ2n) is 5.09. The zero-order valence-corrected chi connectivity index (χ0v) is 10.2. The molecular weight excluding hydrogens is 210 g/mol. The zero-order valence-electron chi connectivity index (χ0n) is 9.41. The molecule has 2 atom stereocenters. The molecule has 0 amide bonds. The van der Waals surface area contributed by atoms with Crippen molar-refractivity contribution in [2.75, 3.05) is 18.6 Å². The summed E-state index contributed by atoms with van der Waals surface area (Å²) in [7, 11) is -0.685. The van der Waals surface area contributed by atoms with Crippen molar-refractivity contribution in [1.29, 1.82) is 0 Å². The molecule has 1 aliphatic carbocycles. The SMILES string of the molecule is CNC(CC1CCS(=O)(=O)C1)C1CCC1. The molecule has 1 N–H and O–H groups in total. The highest BCUT2D eigenvalue weighted by Gasteiger charge is 2.33. The maximum atomic E-state index is 11.3. The standard InChI is InChI=1S/C11H21NO2S/c1-12-11(10-3-2-4-10)7-9-5-6-15(13,14)8-9/h9-12H,2-8H2,1H3. The fourth-order valence-electron chi connectivity index (χ4n) is 2.81. The van der Waals surface area contributed by atoms with Crippen LogP contribution in [0.5, 0.6) is 0 Å². The van der Waals surface area contributed by atoms with Crippen LogP contribution in [-0.2, 0) is 9.84 Å². The first-order valence-electron chi connectivity index (χ1n) is 5.98. The molecule has 2 fully saturated rings. The summed E-state index contributed by atoms with van der Waals surface area (Å²) in [6, 6.07) is 0.553. The Morgan fingerprint density at radius 1 is 1.33 bits per heavy atom. The average Bonchev–Trinajstić information content (AvgIpc) is 2.41. The molecule has 2 rings (SSSR count). The van der Waals surface area contributed by atoms with Crippen LogP contribution >= 0.6 is 0 Å². The van der Waals surface area contributed by atoms with E-state index in [1.807, 2.05) is 7.05 Å². The van der Waals surface area contributed by atoms with Gasteiger partial charge in [-0.3, -0.25) is 0 Å². The van der Waals surface area contributed by atoms with Crippen LogP contribution < -0.4 is 5.32 Å². The van der Waals surface area contributed by atoms with Gasteiger partial charge in [0.25, 0.3) is 0 Å². The van der Waals surface area contributed by atoms with Crippen molar-refractivity contribution in [2.45, 2.75) is 38.1 Å². The first-order chi connectivity index (χ1) is 7.11. The third-order valence-electron chi connectivity index (χ3n) is 4.00. The Morgan fingerprint density at radius 3 is 2.47 bits per heavy atom. The van der Waals surface area contributed by atoms with E-state index in [1.54, 1.807) is 0 Å². The Balaban J connectivity index is 1.85. The predicted molar refractivity (Wildman–Crippen MR) is 61.6 cm³/mol. The topological polar surface area (TPSA) is 46.2 Å².